The van der Waals surface area contributed by atoms with Gasteiger partial charge in [-0.15, -0.1) is 0 Å². The van der Waals surface area contributed by atoms with E-state index >= 15 is 0 Å². The third kappa shape index (κ3) is 1.96. The van der Waals surface area contributed by atoms with Crippen molar-refractivity contribution in [1.29, 1.82) is 0 Å². The first-order chi connectivity index (χ1) is 8.15. The molecule has 0 spiro atoms. The molecule has 2 aliphatic rings. The second-order valence-electron chi connectivity index (χ2n) is 3.68. The van der Waals surface area contributed by atoms with Gasteiger partial charge in [0, 0.05) is 24.3 Å². The van der Waals surface area contributed by atoms with Crippen molar-refractivity contribution < 1.29 is 14.3 Å². The molecule has 0 saturated heterocycles. The van der Waals surface area contributed by atoms with Crippen LogP contribution in [0.1, 0.15) is 0 Å². The Balaban J connectivity index is 0.00000120. The number of nitrogens with zero attached hydrogens (tertiary/aromatic N) is 1. The molecular formula is C12H8NNaO4. The molecule has 5 nitrogen and oxygen atoms in total. The van der Waals surface area contributed by atoms with Crippen LogP contribution in [0.4, 0.5) is 0 Å². The fourth-order valence-corrected chi connectivity index (χ4v) is 1.74. The van der Waals surface area contributed by atoms with E-state index in [1.54, 1.807) is 0 Å². The average Bonchev–Trinajstić information content (AvgIpc) is 2.28. The molecule has 0 amide bonds. The first-order valence-corrected chi connectivity index (χ1v) is 4.94. The molecule has 0 radical (unpaired) electrons. The molecule has 18 heavy (non-hydrogen) atoms. The van der Waals surface area contributed by atoms with Crippen LogP contribution in [-0.2, 0) is 0 Å². The van der Waals surface area contributed by atoms with Gasteiger partial charge in [-0.25, -0.2) is 0 Å². The van der Waals surface area contributed by atoms with E-state index in [-0.39, 0.29) is 57.8 Å². The van der Waals surface area contributed by atoms with Crippen LogP contribution in [0.3, 0.4) is 0 Å². The van der Waals surface area contributed by atoms with Gasteiger partial charge in [-0.1, -0.05) is 0 Å². The van der Waals surface area contributed by atoms with E-state index in [4.69, 9.17) is 4.42 Å². The fourth-order valence-electron chi connectivity index (χ4n) is 1.74. The number of rotatable bonds is 0. The van der Waals surface area contributed by atoms with Gasteiger partial charge in [0.25, 0.3) is 11.2 Å². The topological polar surface area (TPSA) is 77.4 Å². The van der Waals surface area contributed by atoms with Gasteiger partial charge in [0.1, 0.15) is 5.75 Å². The Hall–Kier alpha value is -1.56. The van der Waals surface area contributed by atoms with Crippen molar-refractivity contribution >= 4 is 40.7 Å². The first kappa shape index (κ1) is 12.9. The van der Waals surface area contributed by atoms with Gasteiger partial charge in [0.2, 0.25) is 11.3 Å². The Morgan fingerprint density at radius 2 is 1.94 bits per heavy atom. The van der Waals surface area contributed by atoms with Crippen molar-refractivity contribution in [2.24, 2.45) is 0 Å². The van der Waals surface area contributed by atoms with Gasteiger partial charge in [0.05, 0.1) is 0 Å². The maximum atomic E-state index is 12.0. The van der Waals surface area contributed by atoms with E-state index in [9.17, 15) is 15.1 Å². The first-order valence-electron chi connectivity index (χ1n) is 4.94. The van der Waals surface area contributed by atoms with Crippen molar-refractivity contribution in [3.8, 4) is 17.2 Å². The van der Waals surface area contributed by atoms with Crippen LogP contribution in [0.2, 0.25) is 0 Å². The monoisotopic (exact) mass is 253 g/mol. The summed E-state index contributed by atoms with van der Waals surface area (Å²) in [5.41, 5.74) is 0.579. The van der Waals surface area contributed by atoms with Crippen LogP contribution in [0.15, 0.2) is 45.6 Å². The summed E-state index contributed by atoms with van der Waals surface area (Å²) in [4.78, 5) is 11.2. The second kappa shape index (κ2) is 4.61. The third-order valence-electron chi connectivity index (χ3n) is 2.53. The number of phenols is 1. The standard InChI is InChI=1S/C12H7NO4.Na.H/c14-7-1-3-9-11(5-7)17-12-6-8(15)2-4-10(12)13(9)16;;/h1-6,14H;;. The maximum absolute atomic E-state index is 12.0. The third-order valence-corrected chi connectivity index (χ3v) is 2.53. The van der Waals surface area contributed by atoms with Crippen molar-refractivity contribution in [1.82, 2.24) is 0 Å². The molecule has 6 heteroatoms. The summed E-state index contributed by atoms with van der Waals surface area (Å²) in [7, 11) is 0. The van der Waals surface area contributed by atoms with Crippen molar-refractivity contribution in [3.63, 3.8) is 0 Å². The van der Waals surface area contributed by atoms with Gasteiger partial charge in [-0.2, -0.15) is 4.73 Å². The molecule has 0 unspecified atom stereocenters. The summed E-state index contributed by atoms with van der Waals surface area (Å²) in [6, 6.07) is 8.17. The molecule has 0 saturated carbocycles. The normalized spacial score (nSPS) is 10.4. The van der Waals surface area contributed by atoms with E-state index in [0.717, 1.165) is 0 Å². The van der Waals surface area contributed by atoms with Gasteiger partial charge in [0.15, 0.2) is 5.43 Å². The minimum atomic E-state index is -0.235. The molecule has 0 bridgehead atoms. The van der Waals surface area contributed by atoms with Gasteiger partial charge < -0.3 is 14.7 Å². The number of fused-ring (bicyclic) bond motifs is 2. The number of hydrogen-bond donors (Lipinski definition) is 1. The summed E-state index contributed by atoms with van der Waals surface area (Å²) in [5.74, 6) is 0.199. The predicted molar refractivity (Wildman–Crippen MR) is 66.9 cm³/mol. The molecular weight excluding hydrogens is 245 g/mol. The quantitative estimate of drug-likeness (QED) is 0.275. The van der Waals surface area contributed by atoms with Gasteiger partial charge in [-0.05, 0) is 12.1 Å². The van der Waals surface area contributed by atoms with E-state index in [1.807, 2.05) is 0 Å². The Bertz CT molecular complexity index is 753. The molecule has 1 aliphatic carbocycles. The second-order valence-corrected chi connectivity index (χ2v) is 3.68. The Kier molecular flexibility index (Phi) is 3.30. The summed E-state index contributed by atoms with van der Waals surface area (Å²) in [6.07, 6.45) is 0. The molecule has 1 aromatic rings. The zero-order chi connectivity index (χ0) is 12.0. The summed E-state index contributed by atoms with van der Waals surface area (Å²) >= 11 is 0. The minimum absolute atomic E-state index is 0. The molecule has 0 fully saturated rings. The summed E-state index contributed by atoms with van der Waals surface area (Å²) in [5, 5.41) is 21.3. The molecule has 86 valence electrons. The molecule has 0 atom stereocenters. The SMILES string of the molecule is O=c1ccc2[n+]([O-])c3ccc(O)cc3oc-2c1.[NaH]. The molecule has 1 aliphatic heterocycles. The average molecular weight is 253 g/mol. The van der Waals surface area contributed by atoms with Crippen LogP contribution in [-0.4, -0.2) is 34.7 Å². The Morgan fingerprint density at radius 3 is 2.72 bits per heavy atom. The van der Waals surface area contributed by atoms with Crippen LogP contribution in [0.25, 0.3) is 22.6 Å². The Morgan fingerprint density at radius 1 is 1.17 bits per heavy atom. The van der Waals surface area contributed by atoms with Crippen LogP contribution >= 0.6 is 0 Å². The van der Waals surface area contributed by atoms with Crippen molar-refractivity contribution in [3.05, 3.63) is 51.8 Å². The van der Waals surface area contributed by atoms with E-state index < -0.39 is 0 Å². The molecule has 0 aromatic heterocycles. The predicted octanol–water partition coefficient (Wildman–Crippen LogP) is 0.588. The molecule has 1 heterocycles. The zero-order valence-electron chi connectivity index (χ0n) is 8.58. The molecule has 3 rings (SSSR count). The number of benzene rings is 2. The van der Waals surface area contributed by atoms with E-state index in [0.29, 0.717) is 10.2 Å². The number of hydrogen-bond acceptors (Lipinski definition) is 4. The van der Waals surface area contributed by atoms with Crippen molar-refractivity contribution in [2.45, 2.75) is 0 Å². The number of aromatic hydroxyl groups is 1. The molecule has 1 aromatic carbocycles. The fraction of sp³-hybridized carbons (Fsp3) is 0. The van der Waals surface area contributed by atoms with Crippen LogP contribution < -0.4 is 10.2 Å². The zero-order valence-corrected chi connectivity index (χ0v) is 8.58. The Labute approximate surface area is 124 Å². The van der Waals surface area contributed by atoms with Crippen LogP contribution in [0, 0.1) is 5.21 Å². The van der Waals surface area contributed by atoms with Crippen LogP contribution in [0.5, 0.6) is 5.75 Å². The van der Waals surface area contributed by atoms with Gasteiger partial charge >= 0.3 is 29.6 Å². The van der Waals surface area contributed by atoms with Gasteiger partial charge in [-0.3, -0.25) is 4.79 Å². The summed E-state index contributed by atoms with van der Waals surface area (Å²) in [6.45, 7) is 0. The molecule has 1 N–H and O–H groups in total. The number of phenolic OH excluding ortho intramolecular Hbond substituents is 1. The van der Waals surface area contributed by atoms with E-state index in [2.05, 4.69) is 0 Å². The summed E-state index contributed by atoms with van der Waals surface area (Å²) < 4.78 is 6.08. The van der Waals surface area contributed by atoms with E-state index in [1.165, 1.54) is 36.4 Å². The number of aromatic nitrogens is 1. The van der Waals surface area contributed by atoms with Crippen molar-refractivity contribution in [2.75, 3.05) is 0 Å².